The van der Waals surface area contributed by atoms with Crippen molar-refractivity contribution in [3.63, 3.8) is 0 Å². The van der Waals surface area contributed by atoms with Crippen LogP contribution in [0.25, 0.3) is 0 Å². The molecule has 0 heterocycles. The first-order valence-electron chi connectivity index (χ1n) is 7.16. The number of rotatable bonds is 8. The molecule has 1 aromatic carbocycles. The van der Waals surface area contributed by atoms with Gasteiger partial charge in [-0.2, -0.15) is 4.72 Å². The van der Waals surface area contributed by atoms with E-state index in [4.69, 9.17) is 22.1 Å². The number of carbonyl (C=O) groups excluding carboxylic acids is 2. The van der Waals surface area contributed by atoms with Crippen LogP contribution in [0.1, 0.15) is 18.4 Å². The number of carboxylic acids is 1. The Balaban J connectivity index is 3.04. The third-order valence-corrected chi connectivity index (χ3v) is 5.15. The minimum Gasteiger partial charge on any atom is -0.495 e. The molecule has 3 amide bonds. The number of aryl methyl sites for hydroxylation is 1. The molecule has 5 N–H and O–H groups in total. The summed E-state index contributed by atoms with van der Waals surface area (Å²) >= 11 is 5.94. The van der Waals surface area contributed by atoms with Crippen LogP contribution in [0.2, 0.25) is 5.02 Å². The van der Waals surface area contributed by atoms with Crippen molar-refractivity contribution in [2.45, 2.75) is 30.7 Å². The molecule has 0 aliphatic carbocycles. The van der Waals surface area contributed by atoms with E-state index in [1.807, 2.05) is 4.72 Å². The van der Waals surface area contributed by atoms with Gasteiger partial charge in [0.2, 0.25) is 15.9 Å². The molecular formula is C14H18ClN3O7S. The molecule has 1 aromatic rings. The molecule has 10 nitrogen and oxygen atoms in total. The molecule has 0 aliphatic heterocycles. The van der Waals surface area contributed by atoms with E-state index in [2.05, 4.69) is 0 Å². The maximum absolute atomic E-state index is 12.5. The molecule has 26 heavy (non-hydrogen) atoms. The number of benzene rings is 1. The standard InChI is InChI=1S/C14H18ClN3O7S/c1-7-5-10(25-2)11(6-8(7)15)26(23,24)18-9(13(20)21)3-4-12(19)17-14(16)22/h5-6,9,18H,3-4H2,1-2H3,(H,20,21)(H3,16,17,19,22)/t9-/m0/s1. The number of urea groups is 1. The summed E-state index contributed by atoms with van der Waals surface area (Å²) in [5.74, 6) is -2.36. The molecule has 0 aliphatic rings. The number of aliphatic carboxylic acids is 1. The number of methoxy groups -OCH3 is 1. The van der Waals surface area contributed by atoms with Crippen LogP contribution in [-0.2, 0) is 19.6 Å². The lowest BCUT2D eigenvalue weighted by atomic mass is 10.1. The fourth-order valence-electron chi connectivity index (χ4n) is 1.97. The molecule has 0 bridgehead atoms. The van der Waals surface area contributed by atoms with Crippen LogP contribution in [0.5, 0.6) is 5.75 Å². The van der Waals surface area contributed by atoms with E-state index >= 15 is 0 Å². The Bertz CT molecular complexity index is 826. The number of imide groups is 1. The summed E-state index contributed by atoms with van der Waals surface area (Å²) in [6.45, 7) is 1.64. The van der Waals surface area contributed by atoms with Crippen molar-refractivity contribution in [1.82, 2.24) is 10.0 Å². The Labute approximate surface area is 154 Å². The van der Waals surface area contributed by atoms with Gasteiger partial charge in [0.25, 0.3) is 0 Å². The first-order chi connectivity index (χ1) is 12.0. The lowest BCUT2D eigenvalue weighted by Gasteiger charge is -2.17. The molecule has 0 unspecified atom stereocenters. The topological polar surface area (TPSA) is 165 Å². The van der Waals surface area contributed by atoms with Crippen LogP contribution in [-0.4, -0.2) is 44.6 Å². The Morgan fingerprint density at radius 3 is 2.46 bits per heavy atom. The van der Waals surface area contributed by atoms with Crippen LogP contribution < -0.4 is 20.5 Å². The second kappa shape index (κ2) is 8.83. The minimum absolute atomic E-state index is 0.0185. The first kappa shape index (κ1) is 21.7. The Hall–Kier alpha value is -2.37. The monoisotopic (exact) mass is 407 g/mol. The van der Waals surface area contributed by atoms with Crippen molar-refractivity contribution in [3.05, 3.63) is 22.7 Å². The van der Waals surface area contributed by atoms with Gasteiger partial charge in [0.1, 0.15) is 16.7 Å². The third-order valence-electron chi connectivity index (χ3n) is 3.25. The normalized spacial score (nSPS) is 12.3. The number of carbonyl (C=O) groups is 3. The minimum atomic E-state index is -4.32. The number of hydrogen-bond donors (Lipinski definition) is 4. The molecule has 1 atom stereocenters. The summed E-state index contributed by atoms with van der Waals surface area (Å²) < 4.78 is 32.0. The van der Waals surface area contributed by atoms with Crippen LogP contribution >= 0.6 is 11.6 Å². The van der Waals surface area contributed by atoms with Crippen molar-refractivity contribution >= 4 is 39.5 Å². The maximum atomic E-state index is 12.5. The van der Waals surface area contributed by atoms with Gasteiger partial charge in [-0.25, -0.2) is 13.2 Å². The van der Waals surface area contributed by atoms with Gasteiger partial charge in [-0.05, 0) is 31.0 Å². The molecule has 0 spiro atoms. The van der Waals surface area contributed by atoms with Crippen LogP contribution in [0.15, 0.2) is 17.0 Å². The Kier molecular flexibility index (Phi) is 7.36. The number of hydrogen-bond acceptors (Lipinski definition) is 6. The van der Waals surface area contributed by atoms with Gasteiger partial charge in [0, 0.05) is 11.4 Å². The van der Waals surface area contributed by atoms with Gasteiger partial charge >= 0.3 is 12.0 Å². The predicted octanol–water partition coefficient (Wildman–Crippen LogP) is 0.364. The SMILES string of the molecule is COc1cc(C)c(Cl)cc1S(=O)(=O)N[C@@H](CCC(=O)NC(N)=O)C(=O)O. The highest BCUT2D eigenvalue weighted by molar-refractivity contribution is 7.89. The zero-order valence-corrected chi connectivity index (χ0v) is 15.5. The molecular weight excluding hydrogens is 390 g/mol. The van der Waals surface area contributed by atoms with E-state index in [1.165, 1.54) is 13.2 Å². The van der Waals surface area contributed by atoms with Crippen molar-refractivity contribution < 1.29 is 32.6 Å². The van der Waals surface area contributed by atoms with Gasteiger partial charge in [-0.15, -0.1) is 0 Å². The quantitative estimate of drug-likeness (QED) is 0.483. The number of nitrogens with one attached hydrogen (secondary N) is 2. The average molecular weight is 408 g/mol. The lowest BCUT2D eigenvalue weighted by molar-refractivity contribution is -0.139. The van der Waals surface area contributed by atoms with Crippen molar-refractivity contribution in [1.29, 1.82) is 0 Å². The van der Waals surface area contributed by atoms with Crippen molar-refractivity contribution in [2.75, 3.05) is 7.11 Å². The first-order valence-corrected chi connectivity index (χ1v) is 9.02. The number of ether oxygens (including phenoxy) is 1. The van der Waals surface area contributed by atoms with Crippen molar-refractivity contribution in [2.24, 2.45) is 5.73 Å². The van der Waals surface area contributed by atoms with E-state index in [0.717, 1.165) is 6.07 Å². The van der Waals surface area contributed by atoms with Gasteiger partial charge < -0.3 is 15.6 Å². The van der Waals surface area contributed by atoms with E-state index in [1.54, 1.807) is 12.2 Å². The fourth-order valence-corrected chi connectivity index (χ4v) is 3.59. The summed E-state index contributed by atoms with van der Waals surface area (Å²) in [6.07, 6.45) is -0.843. The van der Waals surface area contributed by atoms with Crippen LogP contribution in [0, 0.1) is 6.92 Å². The second-order valence-electron chi connectivity index (χ2n) is 5.22. The van der Waals surface area contributed by atoms with Crippen LogP contribution in [0.3, 0.4) is 0 Å². The zero-order chi connectivity index (χ0) is 20.1. The zero-order valence-electron chi connectivity index (χ0n) is 13.9. The molecule has 1 rings (SSSR count). The van der Waals surface area contributed by atoms with Gasteiger partial charge in [-0.3, -0.25) is 14.9 Å². The summed E-state index contributed by atoms with van der Waals surface area (Å²) in [4.78, 5) is 32.9. The third kappa shape index (κ3) is 5.86. The summed E-state index contributed by atoms with van der Waals surface area (Å²) in [5, 5.41) is 11.1. The Morgan fingerprint density at radius 2 is 1.96 bits per heavy atom. The number of primary amides is 1. The summed E-state index contributed by atoms with van der Waals surface area (Å²) in [5.41, 5.74) is 5.34. The van der Waals surface area contributed by atoms with Gasteiger partial charge in [0.05, 0.1) is 7.11 Å². The Morgan fingerprint density at radius 1 is 1.35 bits per heavy atom. The predicted molar refractivity (Wildman–Crippen MR) is 91.4 cm³/mol. The highest BCUT2D eigenvalue weighted by Gasteiger charge is 2.29. The fraction of sp³-hybridized carbons (Fsp3) is 0.357. The van der Waals surface area contributed by atoms with Crippen molar-refractivity contribution in [3.8, 4) is 5.75 Å². The average Bonchev–Trinajstić information content (AvgIpc) is 2.52. The van der Waals surface area contributed by atoms with E-state index in [9.17, 15) is 27.9 Å². The molecule has 0 saturated carbocycles. The van der Waals surface area contributed by atoms with Gasteiger partial charge in [0.15, 0.2) is 0 Å². The smallest absolute Gasteiger partial charge is 0.321 e. The number of amides is 3. The number of sulfonamides is 1. The number of carboxylic acid groups (broad SMARTS) is 1. The van der Waals surface area contributed by atoms with E-state index in [-0.39, 0.29) is 15.7 Å². The molecule has 0 saturated heterocycles. The largest absolute Gasteiger partial charge is 0.495 e. The lowest BCUT2D eigenvalue weighted by Crippen LogP contribution is -2.42. The maximum Gasteiger partial charge on any atom is 0.321 e. The van der Waals surface area contributed by atoms with Crippen LogP contribution in [0.4, 0.5) is 4.79 Å². The molecule has 144 valence electrons. The number of nitrogens with two attached hydrogens (primary N) is 1. The summed E-state index contributed by atoms with van der Waals surface area (Å²) in [6, 6.07) is -0.186. The summed E-state index contributed by atoms with van der Waals surface area (Å²) in [7, 11) is -3.07. The second-order valence-corrected chi connectivity index (χ2v) is 7.31. The molecule has 0 fully saturated rings. The molecule has 12 heteroatoms. The number of halogens is 1. The van der Waals surface area contributed by atoms with E-state index in [0.29, 0.717) is 5.56 Å². The molecule has 0 radical (unpaired) electrons. The highest BCUT2D eigenvalue weighted by Crippen LogP contribution is 2.30. The van der Waals surface area contributed by atoms with E-state index < -0.39 is 46.8 Å². The van der Waals surface area contributed by atoms with Gasteiger partial charge in [-0.1, -0.05) is 11.6 Å². The molecule has 0 aromatic heterocycles. The highest BCUT2D eigenvalue weighted by atomic mass is 35.5.